The van der Waals surface area contributed by atoms with Crippen LogP contribution in [-0.2, 0) is 7.05 Å². The molecule has 0 spiro atoms. The van der Waals surface area contributed by atoms with Gasteiger partial charge in [0, 0.05) is 18.8 Å². The highest BCUT2D eigenvalue weighted by Crippen LogP contribution is 2.25. The number of rotatable bonds is 4. The first-order chi connectivity index (χ1) is 13.0. The molecule has 2 heterocycles. The zero-order chi connectivity index (χ0) is 19.6. The molecule has 8 nitrogen and oxygen atoms in total. The zero-order valence-electron chi connectivity index (χ0n) is 14.8. The molecule has 10 heteroatoms. The highest BCUT2D eigenvalue weighted by molar-refractivity contribution is 6.11. The van der Waals surface area contributed by atoms with Gasteiger partial charge in [-0.2, -0.15) is 10.1 Å². The van der Waals surface area contributed by atoms with Crippen LogP contribution in [0.3, 0.4) is 0 Å². The number of nitrogen functional groups attached to an aromatic ring is 1. The maximum absolute atomic E-state index is 14.3. The molecule has 3 aromatic rings. The van der Waals surface area contributed by atoms with Crippen LogP contribution in [0, 0.1) is 11.6 Å². The molecule has 3 rings (SSSR count). The van der Waals surface area contributed by atoms with Crippen LogP contribution in [-0.4, -0.2) is 27.4 Å². The Bertz CT molecular complexity index is 998. The van der Waals surface area contributed by atoms with E-state index in [1.807, 2.05) is 11.6 Å². The van der Waals surface area contributed by atoms with Crippen molar-refractivity contribution in [2.75, 3.05) is 17.8 Å². The molecule has 0 aliphatic carbocycles. The summed E-state index contributed by atoms with van der Waals surface area (Å²) in [5, 5.41) is 5.08. The Kier molecular flexibility index (Phi) is 4.99. The molecule has 2 aromatic heterocycles. The molecule has 0 aliphatic rings. The minimum Gasteiger partial charge on any atom is -0.383 e. The van der Waals surface area contributed by atoms with Crippen molar-refractivity contribution in [1.82, 2.24) is 14.5 Å². The first-order valence-corrected chi connectivity index (χ1v) is 8.01. The predicted octanol–water partition coefficient (Wildman–Crippen LogP) is 0.578. The Hall–Kier alpha value is -3.53. The number of hydrazone groups is 1. The molecule has 0 aliphatic heterocycles. The van der Waals surface area contributed by atoms with Crippen LogP contribution in [0.1, 0.15) is 5.56 Å². The topological polar surface area (TPSA) is 115 Å². The number of hydrogen-bond donors (Lipinski definition) is 3. The second-order valence-electron chi connectivity index (χ2n) is 5.70. The number of hydrogen-bond acceptors (Lipinski definition) is 5. The third-order valence-electron chi connectivity index (χ3n) is 4.07. The minimum absolute atomic E-state index is 0.0490. The number of nitrogens with zero attached hydrogens (tertiary/aromatic N) is 5. The number of imidazole rings is 1. The summed E-state index contributed by atoms with van der Waals surface area (Å²) in [6.07, 6.45) is 4.91. The van der Waals surface area contributed by atoms with E-state index < -0.39 is 11.6 Å². The first kappa shape index (κ1) is 18.3. The van der Waals surface area contributed by atoms with E-state index in [0.29, 0.717) is 5.56 Å². The maximum Gasteiger partial charge on any atom is 0.212 e. The van der Waals surface area contributed by atoms with Gasteiger partial charge in [0.05, 0.1) is 30.8 Å². The van der Waals surface area contributed by atoms with Crippen LogP contribution in [0.15, 0.2) is 48.1 Å². The molecule has 0 atom stereocenters. The Labute approximate surface area is 154 Å². The van der Waals surface area contributed by atoms with E-state index in [-0.39, 0.29) is 17.3 Å². The Balaban J connectivity index is 2.12. The van der Waals surface area contributed by atoms with Gasteiger partial charge in [0.15, 0.2) is 11.6 Å². The van der Waals surface area contributed by atoms with Crippen molar-refractivity contribution in [2.24, 2.45) is 18.0 Å². The quantitative estimate of drug-likeness (QED) is 0.268. The fraction of sp³-hybridized carbons (Fsp3) is 0.118. The summed E-state index contributed by atoms with van der Waals surface area (Å²) in [4.78, 5) is 8.26. The van der Waals surface area contributed by atoms with Gasteiger partial charge >= 0.3 is 0 Å². The van der Waals surface area contributed by atoms with Gasteiger partial charge in [-0.1, -0.05) is 6.07 Å². The van der Waals surface area contributed by atoms with Crippen LogP contribution in [0.2, 0.25) is 0 Å². The van der Waals surface area contributed by atoms with Crippen LogP contribution >= 0.6 is 0 Å². The monoisotopic (exact) mass is 373 g/mol. The largest absolute Gasteiger partial charge is 0.383 e. The van der Waals surface area contributed by atoms with Crippen LogP contribution in [0.5, 0.6) is 0 Å². The van der Waals surface area contributed by atoms with E-state index in [1.54, 1.807) is 31.8 Å². The molecule has 0 bridgehead atoms. The summed E-state index contributed by atoms with van der Waals surface area (Å²) in [6.45, 7) is 0. The third-order valence-corrected chi connectivity index (χ3v) is 4.07. The van der Waals surface area contributed by atoms with Gasteiger partial charge in [-0.15, -0.1) is 0 Å². The fourth-order valence-corrected chi connectivity index (χ4v) is 2.75. The van der Waals surface area contributed by atoms with E-state index in [0.717, 1.165) is 17.3 Å². The second-order valence-corrected chi connectivity index (χ2v) is 5.70. The standard InChI is InChI=1S/C17H18F2N8/c1-22-27(13-5-3-4-12(18)15(13)19)17(25-21)11-6-10(7-24-16(11)20)14-8-23-9-26(14)2/h3-9,22H,21H2,1-2H3,(H2,20,24)/p+1. The van der Waals surface area contributed by atoms with Crippen LogP contribution in [0.4, 0.5) is 20.3 Å². The molecule has 0 saturated carbocycles. The summed E-state index contributed by atoms with van der Waals surface area (Å²) in [5.41, 5.74) is 9.37. The Morgan fingerprint density at radius 3 is 2.70 bits per heavy atom. The van der Waals surface area contributed by atoms with Crippen molar-refractivity contribution in [3.05, 3.63) is 60.2 Å². The molecule has 0 amide bonds. The summed E-state index contributed by atoms with van der Waals surface area (Å²) in [7, 11) is 3.48. The van der Waals surface area contributed by atoms with E-state index >= 15 is 0 Å². The smallest absolute Gasteiger partial charge is 0.212 e. The number of benzene rings is 1. The number of aromatic nitrogens is 3. The van der Waals surface area contributed by atoms with E-state index in [4.69, 9.17) is 11.6 Å². The van der Waals surface area contributed by atoms with Crippen molar-refractivity contribution in [1.29, 1.82) is 0 Å². The number of halogens is 2. The molecule has 27 heavy (non-hydrogen) atoms. The van der Waals surface area contributed by atoms with Crippen LogP contribution in [0.25, 0.3) is 11.3 Å². The lowest BCUT2D eigenvalue weighted by Gasteiger charge is -2.22. The van der Waals surface area contributed by atoms with E-state index in [9.17, 15) is 8.78 Å². The lowest BCUT2D eigenvalue weighted by atomic mass is 10.1. The number of quaternary nitrogens is 1. The van der Waals surface area contributed by atoms with Crippen molar-refractivity contribution in [2.45, 2.75) is 0 Å². The molecule has 0 saturated heterocycles. The summed E-state index contributed by atoms with van der Waals surface area (Å²) in [6, 6.07) is 5.56. The van der Waals surface area contributed by atoms with Crippen LogP contribution < -0.4 is 22.0 Å². The fourth-order valence-electron chi connectivity index (χ4n) is 2.75. The number of pyridine rings is 1. The molecule has 6 N–H and O–H groups in total. The average Bonchev–Trinajstić information content (AvgIpc) is 3.09. The summed E-state index contributed by atoms with van der Waals surface area (Å²) < 4.78 is 29.8. The first-order valence-electron chi connectivity index (χ1n) is 8.01. The van der Waals surface area contributed by atoms with Crippen molar-refractivity contribution in [3.8, 4) is 11.3 Å². The van der Waals surface area contributed by atoms with Crippen molar-refractivity contribution in [3.63, 3.8) is 0 Å². The van der Waals surface area contributed by atoms with Gasteiger partial charge in [-0.25, -0.2) is 24.2 Å². The Morgan fingerprint density at radius 2 is 2.07 bits per heavy atom. The number of aryl methyl sites for hydroxylation is 1. The highest BCUT2D eigenvalue weighted by atomic mass is 19.2. The van der Waals surface area contributed by atoms with Gasteiger partial charge < -0.3 is 16.1 Å². The zero-order valence-corrected chi connectivity index (χ0v) is 14.8. The minimum atomic E-state index is -1.02. The Morgan fingerprint density at radius 1 is 1.30 bits per heavy atom. The molecule has 140 valence electrons. The SMILES string of the molecule is C[NH2+]N(C(=NN)c1cc(-c2cncn2C)cnc1N)c1cccc(F)c1F. The van der Waals surface area contributed by atoms with Gasteiger partial charge in [-0.05, 0) is 18.2 Å². The third kappa shape index (κ3) is 3.29. The van der Waals surface area contributed by atoms with E-state index in [2.05, 4.69) is 15.1 Å². The molecular weight excluding hydrogens is 354 g/mol. The van der Waals surface area contributed by atoms with Gasteiger partial charge in [0.2, 0.25) is 5.84 Å². The number of anilines is 2. The average molecular weight is 373 g/mol. The molecule has 0 radical (unpaired) electrons. The van der Waals surface area contributed by atoms with Gasteiger partial charge in [0.1, 0.15) is 11.5 Å². The molecule has 1 aromatic carbocycles. The number of nitrogens with two attached hydrogens (primary N) is 3. The number of amidine groups is 1. The molecular formula is C17H19F2N8+. The van der Waals surface area contributed by atoms with Crippen molar-refractivity contribution < 1.29 is 14.2 Å². The van der Waals surface area contributed by atoms with Gasteiger partial charge in [-0.3, -0.25) is 0 Å². The van der Waals surface area contributed by atoms with Gasteiger partial charge in [0.25, 0.3) is 0 Å². The predicted molar refractivity (Wildman–Crippen MR) is 98.3 cm³/mol. The normalized spacial score (nSPS) is 11.6. The second kappa shape index (κ2) is 7.38. The molecule has 0 unspecified atom stereocenters. The lowest BCUT2D eigenvalue weighted by molar-refractivity contribution is -0.627. The maximum atomic E-state index is 14.3. The highest BCUT2D eigenvalue weighted by Gasteiger charge is 2.25. The van der Waals surface area contributed by atoms with E-state index in [1.165, 1.54) is 22.6 Å². The summed E-state index contributed by atoms with van der Waals surface area (Å²) in [5.74, 6) is 3.85. The summed E-state index contributed by atoms with van der Waals surface area (Å²) >= 11 is 0. The van der Waals surface area contributed by atoms with Crippen molar-refractivity contribution >= 4 is 17.3 Å². The lowest BCUT2D eigenvalue weighted by Crippen LogP contribution is -2.92. The molecule has 0 fully saturated rings.